The van der Waals surface area contributed by atoms with Gasteiger partial charge in [-0.05, 0) is 61.0 Å². The lowest BCUT2D eigenvalue weighted by atomic mass is 10.1. The first-order valence-corrected chi connectivity index (χ1v) is 8.85. The fourth-order valence-corrected chi connectivity index (χ4v) is 3.45. The Morgan fingerprint density at radius 3 is 2.48 bits per heavy atom. The second-order valence-corrected chi connectivity index (χ2v) is 7.11. The smallest absolute Gasteiger partial charge is 0.284 e. The first-order valence-electron chi connectivity index (χ1n) is 8.03. The molecule has 0 radical (unpaired) electrons. The third kappa shape index (κ3) is 4.32. The summed E-state index contributed by atoms with van der Waals surface area (Å²) in [4.78, 5) is 23.9. The van der Waals surface area contributed by atoms with E-state index in [9.17, 15) is 14.9 Å². The van der Waals surface area contributed by atoms with Crippen molar-refractivity contribution in [1.82, 2.24) is 14.8 Å². The number of anilines is 1. The van der Waals surface area contributed by atoms with Crippen molar-refractivity contribution in [2.75, 3.05) is 5.32 Å². The zero-order chi connectivity index (χ0) is 19.6. The van der Waals surface area contributed by atoms with Crippen LogP contribution in [0.2, 0.25) is 0 Å². The monoisotopic (exact) mass is 383 g/mol. The predicted molar refractivity (Wildman–Crippen MR) is 102 cm³/mol. The molecule has 0 spiro atoms. The summed E-state index contributed by atoms with van der Waals surface area (Å²) >= 11 is 1.12. The summed E-state index contributed by atoms with van der Waals surface area (Å²) in [5.41, 5.74) is 2.75. The van der Waals surface area contributed by atoms with E-state index in [2.05, 4.69) is 15.5 Å². The number of hydrogen-bond acceptors (Lipinski definition) is 6. The Kier molecular flexibility index (Phi) is 5.22. The highest BCUT2D eigenvalue weighted by Gasteiger charge is 2.20. The molecule has 9 heteroatoms. The standard InChI is InChI=1S/C18H17N5O3S/c1-11-6-12(2)8-14(7-11)20-17(24)13-4-5-16(15(9-13)23(25)26)27-18-21-19-10-22(18)3/h4-10H,1-3H3,(H,20,24). The summed E-state index contributed by atoms with van der Waals surface area (Å²) in [6.07, 6.45) is 1.51. The number of nitro benzene ring substituents is 1. The van der Waals surface area contributed by atoms with Gasteiger partial charge in [0.25, 0.3) is 11.6 Å². The highest BCUT2D eigenvalue weighted by molar-refractivity contribution is 7.99. The fourth-order valence-electron chi connectivity index (χ4n) is 2.60. The number of nitro groups is 1. The quantitative estimate of drug-likeness (QED) is 0.532. The third-order valence-electron chi connectivity index (χ3n) is 3.77. The van der Waals surface area contributed by atoms with Crippen molar-refractivity contribution in [2.24, 2.45) is 7.05 Å². The van der Waals surface area contributed by atoms with Gasteiger partial charge < -0.3 is 9.88 Å². The Bertz CT molecular complexity index is 1010. The van der Waals surface area contributed by atoms with E-state index in [1.165, 1.54) is 12.4 Å². The molecular weight excluding hydrogens is 366 g/mol. The van der Waals surface area contributed by atoms with E-state index in [-0.39, 0.29) is 11.3 Å². The van der Waals surface area contributed by atoms with E-state index >= 15 is 0 Å². The normalized spacial score (nSPS) is 10.6. The molecule has 0 unspecified atom stereocenters. The lowest BCUT2D eigenvalue weighted by Gasteiger charge is -2.09. The van der Waals surface area contributed by atoms with Crippen LogP contribution in [0.4, 0.5) is 11.4 Å². The van der Waals surface area contributed by atoms with Crippen molar-refractivity contribution >= 4 is 29.0 Å². The number of benzene rings is 2. The van der Waals surface area contributed by atoms with Gasteiger partial charge in [0.2, 0.25) is 0 Å². The molecule has 2 aromatic carbocycles. The van der Waals surface area contributed by atoms with Crippen LogP contribution in [0.5, 0.6) is 0 Å². The summed E-state index contributed by atoms with van der Waals surface area (Å²) in [5.74, 6) is -0.404. The van der Waals surface area contributed by atoms with Crippen molar-refractivity contribution in [3.63, 3.8) is 0 Å². The lowest BCUT2D eigenvalue weighted by Crippen LogP contribution is -2.12. The maximum absolute atomic E-state index is 12.5. The van der Waals surface area contributed by atoms with Crippen molar-refractivity contribution in [2.45, 2.75) is 23.9 Å². The number of carbonyl (C=O) groups excluding carboxylic acids is 1. The molecule has 0 fully saturated rings. The molecule has 3 rings (SSSR count). The zero-order valence-electron chi connectivity index (χ0n) is 15.0. The second-order valence-electron chi connectivity index (χ2n) is 6.10. The van der Waals surface area contributed by atoms with E-state index in [4.69, 9.17) is 0 Å². The molecule has 3 aromatic rings. The number of nitrogens with one attached hydrogen (secondary N) is 1. The molecule has 1 aromatic heterocycles. The molecule has 0 aliphatic carbocycles. The summed E-state index contributed by atoms with van der Waals surface area (Å²) in [7, 11) is 1.75. The van der Waals surface area contributed by atoms with E-state index in [1.54, 1.807) is 23.7 Å². The molecule has 27 heavy (non-hydrogen) atoms. The Morgan fingerprint density at radius 2 is 1.89 bits per heavy atom. The molecule has 0 bridgehead atoms. The minimum Gasteiger partial charge on any atom is -0.322 e. The number of nitrogens with zero attached hydrogens (tertiary/aromatic N) is 4. The third-order valence-corrected chi connectivity index (χ3v) is 4.89. The van der Waals surface area contributed by atoms with Crippen LogP contribution in [0.3, 0.4) is 0 Å². The highest BCUT2D eigenvalue weighted by Crippen LogP contribution is 2.34. The van der Waals surface area contributed by atoms with E-state index in [0.717, 1.165) is 22.9 Å². The zero-order valence-corrected chi connectivity index (χ0v) is 15.8. The molecule has 1 amide bonds. The first kappa shape index (κ1) is 18.6. The van der Waals surface area contributed by atoms with Crippen molar-refractivity contribution in [1.29, 1.82) is 0 Å². The van der Waals surface area contributed by atoms with Gasteiger partial charge in [-0.25, -0.2) is 0 Å². The summed E-state index contributed by atoms with van der Waals surface area (Å²) in [5, 5.41) is 22.5. The number of rotatable bonds is 5. The van der Waals surface area contributed by atoms with Gasteiger partial charge in [0.15, 0.2) is 5.16 Å². The average molecular weight is 383 g/mol. The summed E-state index contributed by atoms with van der Waals surface area (Å²) in [6.45, 7) is 3.87. The van der Waals surface area contributed by atoms with Crippen molar-refractivity contribution < 1.29 is 9.72 Å². The Balaban J connectivity index is 1.87. The van der Waals surface area contributed by atoms with Crippen LogP contribution >= 0.6 is 11.8 Å². The molecule has 0 saturated heterocycles. The number of aromatic nitrogens is 3. The van der Waals surface area contributed by atoms with Gasteiger partial charge in [0.05, 0.1) is 9.82 Å². The lowest BCUT2D eigenvalue weighted by molar-refractivity contribution is -0.387. The molecular formula is C18H17N5O3S. The van der Waals surface area contributed by atoms with Crippen LogP contribution in [-0.2, 0) is 7.05 Å². The van der Waals surface area contributed by atoms with Crippen LogP contribution in [0.25, 0.3) is 0 Å². The van der Waals surface area contributed by atoms with Crippen LogP contribution in [0.15, 0.2) is 52.8 Å². The number of carbonyl (C=O) groups is 1. The van der Waals surface area contributed by atoms with Crippen LogP contribution in [0, 0.1) is 24.0 Å². The molecule has 1 heterocycles. The van der Waals surface area contributed by atoms with Gasteiger partial charge in [-0.15, -0.1) is 10.2 Å². The SMILES string of the molecule is Cc1cc(C)cc(NC(=O)c2ccc(Sc3nncn3C)c([N+](=O)[O-])c2)c1. The van der Waals surface area contributed by atoms with Gasteiger partial charge in [0.1, 0.15) is 6.33 Å². The van der Waals surface area contributed by atoms with E-state index in [1.807, 2.05) is 32.0 Å². The van der Waals surface area contributed by atoms with Crippen LogP contribution in [-0.4, -0.2) is 25.6 Å². The molecule has 0 atom stereocenters. The topological polar surface area (TPSA) is 103 Å². The molecule has 138 valence electrons. The molecule has 0 aliphatic heterocycles. The Labute approximate surface area is 159 Å². The molecule has 0 saturated carbocycles. The van der Waals surface area contributed by atoms with Crippen molar-refractivity contribution in [3.05, 3.63) is 69.5 Å². The van der Waals surface area contributed by atoms with Crippen molar-refractivity contribution in [3.8, 4) is 0 Å². The molecule has 0 aliphatic rings. The van der Waals surface area contributed by atoms with Crippen LogP contribution < -0.4 is 5.32 Å². The Morgan fingerprint density at radius 1 is 1.19 bits per heavy atom. The second kappa shape index (κ2) is 7.58. The largest absolute Gasteiger partial charge is 0.322 e. The number of amides is 1. The minimum absolute atomic E-state index is 0.156. The molecule has 8 nitrogen and oxygen atoms in total. The summed E-state index contributed by atoms with van der Waals surface area (Å²) < 4.78 is 1.66. The maximum Gasteiger partial charge on any atom is 0.284 e. The summed E-state index contributed by atoms with van der Waals surface area (Å²) in [6, 6.07) is 10.1. The Hall–Kier alpha value is -3.20. The average Bonchev–Trinajstić information content (AvgIpc) is 2.99. The predicted octanol–water partition coefficient (Wildman–Crippen LogP) is 3.74. The van der Waals surface area contributed by atoms with Crippen LogP contribution in [0.1, 0.15) is 21.5 Å². The highest BCUT2D eigenvalue weighted by atomic mass is 32.2. The number of aryl methyl sites for hydroxylation is 3. The first-order chi connectivity index (χ1) is 12.8. The van der Waals surface area contributed by atoms with Gasteiger partial charge in [0, 0.05) is 24.4 Å². The van der Waals surface area contributed by atoms with Gasteiger partial charge in [-0.1, -0.05) is 6.07 Å². The van der Waals surface area contributed by atoms with Gasteiger partial charge in [-0.2, -0.15) is 0 Å². The van der Waals surface area contributed by atoms with E-state index in [0.29, 0.717) is 15.7 Å². The minimum atomic E-state index is -0.508. The fraction of sp³-hybridized carbons (Fsp3) is 0.167. The van der Waals surface area contributed by atoms with Gasteiger partial charge in [-0.3, -0.25) is 14.9 Å². The molecule has 1 N–H and O–H groups in total. The van der Waals surface area contributed by atoms with Gasteiger partial charge >= 0.3 is 0 Å². The maximum atomic E-state index is 12.5. The van der Waals surface area contributed by atoms with E-state index < -0.39 is 10.8 Å². The number of hydrogen-bond donors (Lipinski definition) is 1.